The van der Waals surface area contributed by atoms with Gasteiger partial charge < -0.3 is 11.1 Å². The predicted octanol–water partition coefficient (Wildman–Crippen LogP) is 2.77. The first-order chi connectivity index (χ1) is 8.85. The maximum atomic E-state index is 13.6. The van der Waals surface area contributed by atoms with Gasteiger partial charge in [0.15, 0.2) is 0 Å². The summed E-state index contributed by atoms with van der Waals surface area (Å²) in [7, 11) is 0. The number of rotatable bonds is 5. The number of nitrogens with one attached hydrogen (secondary N) is 1. The number of nitrogens with zero attached hydrogens (tertiary/aromatic N) is 1. The smallest absolute Gasteiger partial charge is 0.239 e. The summed E-state index contributed by atoms with van der Waals surface area (Å²) in [6.45, 7) is 3.93. The molecular weight excluding hydrogens is 313 g/mol. The average Bonchev–Trinajstić information content (AvgIpc) is 2.27. The van der Waals surface area contributed by atoms with E-state index in [1.165, 1.54) is 6.07 Å². The molecule has 0 aliphatic carbocycles. The van der Waals surface area contributed by atoms with Crippen LogP contribution >= 0.6 is 15.9 Å². The Balaban J connectivity index is 2.98. The number of hydrogen-bond donors (Lipinski definition) is 2. The fraction of sp³-hybridized carbons (Fsp3) is 0.385. The van der Waals surface area contributed by atoms with Gasteiger partial charge in [-0.15, -0.1) is 0 Å². The van der Waals surface area contributed by atoms with Crippen LogP contribution in [0.2, 0.25) is 0 Å². The highest BCUT2D eigenvalue weighted by Crippen LogP contribution is 2.25. The zero-order valence-corrected chi connectivity index (χ0v) is 12.3. The number of amides is 1. The molecule has 0 bridgehead atoms. The van der Waals surface area contributed by atoms with Gasteiger partial charge in [0.2, 0.25) is 5.91 Å². The predicted molar refractivity (Wildman–Crippen MR) is 74.9 cm³/mol. The van der Waals surface area contributed by atoms with Crippen molar-refractivity contribution in [3.63, 3.8) is 0 Å². The minimum absolute atomic E-state index is 0.0648. The van der Waals surface area contributed by atoms with Crippen molar-refractivity contribution in [1.29, 1.82) is 5.26 Å². The molecule has 1 aromatic rings. The average molecular weight is 328 g/mol. The van der Waals surface area contributed by atoms with Gasteiger partial charge in [-0.2, -0.15) is 5.26 Å². The largest absolute Gasteiger partial charge is 0.374 e. The van der Waals surface area contributed by atoms with E-state index >= 15 is 0 Å². The Morgan fingerprint density at radius 2 is 2.21 bits per heavy atom. The SMILES string of the molecule is CC(C)C[C@@H](Nc1cc(F)c(C#N)c(Br)c1)C(N)=O. The molecule has 0 saturated carbocycles. The Labute approximate surface area is 119 Å². The fourth-order valence-corrected chi connectivity index (χ4v) is 2.21. The molecule has 0 radical (unpaired) electrons. The van der Waals surface area contributed by atoms with Crippen LogP contribution in [0.3, 0.4) is 0 Å². The topological polar surface area (TPSA) is 78.9 Å². The zero-order chi connectivity index (χ0) is 14.6. The fourth-order valence-electron chi connectivity index (χ4n) is 1.68. The number of carbonyl (C=O) groups excluding carboxylic acids is 1. The van der Waals surface area contributed by atoms with E-state index in [-0.39, 0.29) is 11.5 Å². The number of hydrogen-bond acceptors (Lipinski definition) is 3. The van der Waals surface area contributed by atoms with Crippen LogP contribution < -0.4 is 11.1 Å². The molecule has 0 saturated heterocycles. The number of nitrogens with two attached hydrogens (primary N) is 1. The minimum Gasteiger partial charge on any atom is -0.374 e. The van der Waals surface area contributed by atoms with Crippen molar-refractivity contribution < 1.29 is 9.18 Å². The van der Waals surface area contributed by atoms with Crippen molar-refractivity contribution >= 4 is 27.5 Å². The summed E-state index contributed by atoms with van der Waals surface area (Å²) in [4.78, 5) is 11.3. The second-order valence-electron chi connectivity index (χ2n) is 4.66. The molecule has 102 valence electrons. The van der Waals surface area contributed by atoms with Crippen LogP contribution in [0.5, 0.6) is 0 Å². The highest BCUT2D eigenvalue weighted by atomic mass is 79.9. The molecule has 19 heavy (non-hydrogen) atoms. The third-order valence-corrected chi connectivity index (χ3v) is 3.17. The molecule has 0 fully saturated rings. The molecule has 1 atom stereocenters. The maximum absolute atomic E-state index is 13.6. The highest BCUT2D eigenvalue weighted by molar-refractivity contribution is 9.10. The van der Waals surface area contributed by atoms with Crippen LogP contribution in [0.1, 0.15) is 25.8 Å². The Kier molecular flexibility index (Phi) is 5.31. The summed E-state index contributed by atoms with van der Waals surface area (Å²) in [5.74, 6) is -0.863. The Hall–Kier alpha value is -1.61. The molecule has 0 unspecified atom stereocenters. The summed E-state index contributed by atoms with van der Waals surface area (Å²) < 4.78 is 14.0. The lowest BCUT2D eigenvalue weighted by Gasteiger charge is -2.19. The molecule has 0 aromatic heterocycles. The van der Waals surface area contributed by atoms with Gasteiger partial charge in [0, 0.05) is 10.2 Å². The summed E-state index contributed by atoms with van der Waals surface area (Å²) in [5.41, 5.74) is 5.65. The number of halogens is 2. The number of anilines is 1. The first kappa shape index (κ1) is 15.4. The maximum Gasteiger partial charge on any atom is 0.239 e. The van der Waals surface area contributed by atoms with E-state index in [2.05, 4.69) is 21.2 Å². The summed E-state index contributed by atoms with van der Waals surface area (Å²) in [6.07, 6.45) is 0.550. The normalized spacial score (nSPS) is 12.0. The lowest BCUT2D eigenvalue weighted by Crippen LogP contribution is -2.36. The molecule has 3 N–H and O–H groups in total. The van der Waals surface area contributed by atoms with Gasteiger partial charge in [-0.3, -0.25) is 4.79 Å². The second kappa shape index (κ2) is 6.53. The van der Waals surface area contributed by atoms with Gasteiger partial charge in [-0.1, -0.05) is 13.8 Å². The molecule has 6 heteroatoms. The van der Waals surface area contributed by atoms with Gasteiger partial charge in [-0.05, 0) is 40.4 Å². The Morgan fingerprint density at radius 1 is 1.58 bits per heavy atom. The number of primary amides is 1. The molecule has 0 spiro atoms. The highest BCUT2D eigenvalue weighted by Gasteiger charge is 2.18. The molecule has 0 aliphatic heterocycles. The van der Waals surface area contributed by atoms with Crippen molar-refractivity contribution in [3.8, 4) is 6.07 Å². The van der Waals surface area contributed by atoms with Crippen molar-refractivity contribution in [2.45, 2.75) is 26.3 Å². The lowest BCUT2D eigenvalue weighted by molar-refractivity contribution is -0.119. The van der Waals surface area contributed by atoms with Gasteiger partial charge in [0.1, 0.15) is 23.5 Å². The zero-order valence-electron chi connectivity index (χ0n) is 10.7. The molecule has 1 rings (SSSR count). The third kappa shape index (κ3) is 4.21. The molecule has 1 aromatic carbocycles. The Morgan fingerprint density at radius 3 is 2.63 bits per heavy atom. The summed E-state index contributed by atoms with van der Waals surface area (Å²) in [6, 6.07) is 3.92. The second-order valence-corrected chi connectivity index (χ2v) is 5.51. The van der Waals surface area contributed by atoms with Crippen LogP contribution in [0.15, 0.2) is 16.6 Å². The van der Waals surface area contributed by atoms with Crippen LogP contribution in [0.4, 0.5) is 10.1 Å². The van der Waals surface area contributed by atoms with E-state index in [0.717, 1.165) is 0 Å². The third-order valence-electron chi connectivity index (χ3n) is 2.55. The minimum atomic E-state index is -0.646. The first-order valence-corrected chi connectivity index (χ1v) is 6.59. The lowest BCUT2D eigenvalue weighted by atomic mass is 10.0. The van der Waals surface area contributed by atoms with Crippen LogP contribution in [-0.4, -0.2) is 11.9 Å². The van der Waals surface area contributed by atoms with Crippen molar-refractivity contribution in [3.05, 3.63) is 28.0 Å². The first-order valence-electron chi connectivity index (χ1n) is 5.80. The number of carbonyl (C=O) groups is 1. The van der Waals surface area contributed by atoms with Gasteiger partial charge in [0.25, 0.3) is 0 Å². The van der Waals surface area contributed by atoms with E-state index in [1.807, 2.05) is 13.8 Å². The summed E-state index contributed by atoms with van der Waals surface area (Å²) >= 11 is 3.12. The monoisotopic (exact) mass is 327 g/mol. The van der Waals surface area contributed by atoms with Crippen molar-refractivity contribution in [2.24, 2.45) is 11.7 Å². The van der Waals surface area contributed by atoms with E-state index in [1.54, 1.807) is 12.1 Å². The van der Waals surface area contributed by atoms with Crippen LogP contribution in [-0.2, 0) is 4.79 Å². The number of benzene rings is 1. The van der Waals surface area contributed by atoms with E-state index < -0.39 is 17.8 Å². The van der Waals surface area contributed by atoms with Gasteiger partial charge >= 0.3 is 0 Å². The molecular formula is C13H15BrFN3O. The van der Waals surface area contributed by atoms with Crippen LogP contribution in [0.25, 0.3) is 0 Å². The molecule has 0 aliphatic rings. The van der Waals surface area contributed by atoms with Gasteiger partial charge in [-0.25, -0.2) is 4.39 Å². The molecule has 1 amide bonds. The number of nitriles is 1. The quantitative estimate of drug-likeness (QED) is 0.872. The van der Waals surface area contributed by atoms with Crippen molar-refractivity contribution in [1.82, 2.24) is 0 Å². The van der Waals surface area contributed by atoms with Gasteiger partial charge in [0.05, 0.1) is 0 Å². The summed E-state index contributed by atoms with van der Waals surface area (Å²) in [5, 5.41) is 11.7. The molecule has 4 nitrogen and oxygen atoms in total. The standard InChI is InChI=1S/C13H15BrFN3O/c1-7(2)3-12(13(17)19)18-8-4-10(14)9(6-16)11(15)5-8/h4-5,7,12,18H,3H2,1-2H3,(H2,17,19)/t12-/m1/s1. The van der Waals surface area contributed by atoms with E-state index in [0.29, 0.717) is 16.6 Å². The Bertz CT molecular complexity index is 502. The van der Waals surface area contributed by atoms with Crippen LogP contribution in [0, 0.1) is 23.1 Å². The van der Waals surface area contributed by atoms with Crippen molar-refractivity contribution in [2.75, 3.05) is 5.32 Å². The van der Waals surface area contributed by atoms with E-state index in [4.69, 9.17) is 11.0 Å². The van der Waals surface area contributed by atoms with E-state index in [9.17, 15) is 9.18 Å². The molecule has 0 heterocycles.